The zero-order chi connectivity index (χ0) is 8.97. The molecule has 1 heterocycles. The molecule has 3 nitrogen and oxygen atoms in total. The summed E-state index contributed by atoms with van der Waals surface area (Å²) in [6.07, 6.45) is 1.04. The second kappa shape index (κ2) is 4.40. The Morgan fingerprint density at radius 1 is 1.58 bits per heavy atom. The molecule has 0 fully saturated rings. The monoisotopic (exact) mass is 187 g/mol. The topological polar surface area (TPSA) is 53.4 Å². The first-order valence-electron chi connectivity index (χ1n) is 3.65. The third-order valence-electron chi connectivity index (χ3n) is 1.51. The van der Waals surface area contributed by atoms with Gasteiger partial charge in [0, 0.05) is 19.2 Å². The molecular weight excluding hydrogens is 178 g/mol. The molecule has 0 saturated carbocycles. The summed E-state index contributed by atoms with van der Waals surface area (Å²) in [6, 6.07) is 3.35. The van der Waals surface area contributed by atoms with Crippen LogP contribution in [-0.4, -0.2) is 21.8 Å². The van der Waals surface area contributed by atoms with Crippen LogP contribution in [0.25, 0.3) is 0 Å². The standard InChI is InChI=1S/C8H10ClNO2/c9-6-2-1-4-10-8(6)7(12)3-5-11/h1-2,4,7,11-12H,3,5H2. The van der Waals surface area contributed by atoms with Crippen molar-refractivity contribution in [3.63, 3.8) is 0 Å². The second-order valence-corrected chi connectivity index (χ2v) is 2.81. The maximum Gasteiger partial charge on any atom is 0.0996 e. The maximum absolute atomic E-state index is 9.39. The summed E-state index contributed by atoms with van der Waals surface area (Å²) < 4.78 is 0. The predicted molar refractivity (Wildman–Crippen MR) is 45.9 cm³/mol. The smallest absolute Gasteiger partial charge is 0.0996 e. The number of hydrogen-bond acceptors (Lipinski definition) is 3. The highest BCUT2D eigenvalue weighted by atomic mass is 35.5. The van der Waals surface area contributed by atoms with Gasteiger partial charge < -0.3 is 10.2 Å². The quantitative estimate of drug-likeness (QED) is 0.747. The molecule has 12 heavy (non-hydrogen) atoms. The summed E-state index contributed by atoms with van der Waals surface area (Å²) in [6.45, 7) is -0.0753. The van der Waals surface area contributed by atoms with Gasteiger partial charge in [0.2, 0.25) is 0 Å². The summed E-state index contributed by atoms with van der Waals surface area (Å²) in [5.41, 5.74) is 0.424. The van der Waals surface area contributed by atoms with E-state index in [1.807, 2.05) is 0 Å². The molecule has 0 aromatic carbocycles. The number of aromatic nitrogens is 1. The normalized spacial score (nSPS) is 12.9. The number of hydrogen-bond donors (Lipinski definition) is 2. The molecule has 0 aliphatic heterocycles. The minimum Gasteiger partial charge on any atom is -0.396 e. The van der Waals surface area contributed by atoms with Crippen molar-refractivity contribution in [1.82, 2.24) is 4.98 Å². The first-order valence-corrected chi connectivity index (χ1v) is 4.03. The average Bonchev–Trinajstić information content (AvgIpc) is 2.05. The highest BCUT2D eigenvalue weighted by Crippen LogP contribution is 2.21. The summed E-state index contributed by atoms with van der Waals surface area (Å²) in [5.74, 6) is 0. The van der Waals surface area contributed by atoms with Crippen molar-refractivity contribution in [2.24, 2.45) is 0 Å². The Morgan fingerprint density at radius 2 is 2.33 bits per heavy atom. The van der Waals surface area contributed by atoms with Gasteiger partial charge in [0.05, 0.1) is 16.8 Å². The number of pyridine rings is 1. The number of aliphatic hydroxyl groups excluding tert-OH is 2. The molecule has 0 aliphatic rings. The van der Waals surface area contributed by atoms with Gasteiger partial charge in [0.1, 0.15) is 0 Å². The van der Waals surface area contributed by atoms with Crippen LogP contribution < -0.4 is 0 Å². The van der Waals surface area contributed by atoms with E-state index in [1.165, 1.54) is 0 Å². The van der Waals surface area contributed by atoms with Gasteiger partial charge in [-0.25, -0.2) is 0 Å². The highest BCUT2D eigenvalue weighted by molar-refractivity contribution is 6.31. The molecule has 0 aliphatic carbocycles. The predicted octanol–water partition coefficient (Wildman–Crippen LogP) is 1.15. The third-order valence-corrected chi connectivity index (χ3v) is 1.82. The van der Waals surface area contributed by atoms with Crippen LogP contribution in [0.15, 0.2) is 18.3 Å². The Bertz CT molecular complexity index is 255. The van der Waals surface area contributed by atoms with E-state index in [9.17, 15) is 5.11 Å². The van der Waals surface area contributed by atoms with Gasteiger partial charge in [-0.3, -0.25) is 4.98 Å². The van der Waals surface area contributed by atoms with Gasteiger partial charge in [0.25, 0.3) is 0 Å². The lowest BCUT2D eigenvalue weighted by Gasteiger charge is -2.08. The fraction of sp³-hybridized carbons (Fsp3) is 0.375. The van der Waals surface area contributed by atoms with E-state index >= 15 is 0 Å². The van der Waals surface area contributed by atoms with E-state index in [-0.39, 0.29) is 13.0 Å². The SMILES string of the molecule is OCCC(O)c1ncccc1Cl. The van der Waals surface area contributed by atoms with Gasteiger partial charge in [-0.15, -0.1) is 0 Å². The van der Waals surface area contributed by atoms with Crippen molar-refractivity contribution in [2.75, 3.05) is 6.61 Å². The Morgan fingerprint density at radius 3 is 2.92 bits per heavy atom. The third kappa shape index (κ3) is 2.17. The molecule has 1 aromatic heterocycles. The minimum atomic E-state index is -0.774. The number of nitrogens with zero attached hydrogens (tertiary/aromatic N) is 1. The summed E-state index contributed by atoms with van der Waals surface area (Å²) in [5, 5.41) is 18.4. The van der Waals surface area contributed by atoms with Crippen LogP contribution in [0.1, 0.15) is 18.2 Å². The molecule has 0 bridgehead atoms. The first-order chi connectivity index (χ1) is 5.75. The molecule has 1 rings (SSSR count). The van der Waals surface area contributed by atoms with Crippen LogP contribution in [0.2, 0.25) is 5.02 Å². The van der Waals surface area contributed by atoms with E-state index in [2.05, 4.69) is 4.98 Å². The molecule has 2 N–H and O–H groups in total. The Labute approximate surface area is 75.6 Å². The number of rotatable bonds is 3. The van der Waals surface area contributed by atoms with Crippen LogP contribution in [0.3, 0.4) is 0 Å². The maximum atomic E-state index is 9.39. The van der Waals surface area contributed by atoms with Crippen molar-refractivity contribution in [3.05, 3.63) is 29.0 Å². The fourth-order valence-electron chi connectivity index (χ4n) is 0.902. The minimum absolute atomic E-state index is 0.0753. The molecule has 1 unspecified atom stereocenters. The average molecular weight is 188 g/mol. The highest BCUT2D eigenvalue weighted by Gasteiger charge is 2.11. The van der Waals surface area contributed by atoms with Crippen molar-refractivity contribution in [2.45, 2.75) is 12.5 Å². The van der Waals surface area contributed by atoms with Gasteiger partial charge in [-0.05, 0) is 12.1 Å². The summed E-state index contributed by atoms with van der Waals surface area (Å²) in [7, 11) is 0. The van der Waals surface area contributed by atoms with Crippen LogP contribution in [-0.2, 0) is 0 Å². The number of aliphatic hydroxyl groups is 2. The van der Waals surface area contributed by atoms with Crippen molar-refractivity contribution >= 4 is 11.6 Å². The molecule has 0 radical (unpaired) electrons. The van der Waals surface area contributed by atoms with Gasteiger partial charge >= 0.3 is 0 Å². The zero-order valence-electron chi connectivity index (χ0n) is 6.44. The Hall–Kier alpha value is -0.640. The van der Waals surface area contributed by atoms with Crippen LogP contribution >= 0.6 is 11.6 Å². The van der Waals surface area contributed by atoms with E-state index < -0.39 is 6.10 Å². The Kier molecular flexibility index (Phi) is 3.47. The molecule has 66 valence electrons. The second-order valence-electron chi connectivity index (χ2n) is 2.40. The lowest BCUT2D eigenvalue weighted by Crippen LogP contribution is -2.03. The van der Waals surface area contributed by atoms with Gasteiger partial charge in [-0.1, -0.05) is 11.6 Å². The van der Waals surface area contributed by atoms with E-state index in [1.54, 1.807) is 18.3 Å². The molecular formula is C8H10ClNO2. The molecule has 0 saturated heterocycles. The lowest BCUT2D eigenvalue weighted by atomic mass is 10.2. The van der Waals surface area contributed by atoms with Gasteiger partial charge in [-0.2, -0.15) is 0 Å². The molecule has 0 spiro atoms. The molecule has 0 amide bonds. The summed E-state index contributed by atoms with van der Waals surface area (Å²) in [4.78, 5) is 3.90. The largest absolute Gasteiger partial charge is 0.396 e. The van der Waals surface area contributed by atoms with Gasteiger partial charge in [0.15, 0.2) is 0 Å². The van der Waals surface area contributed by atoms with Crippen molar-refractivity contribution in [3.8, 4) is 0 Å². The molecule has 1 atom stereocenters. The van der Waals surface area contributed by atoms with E-state index in [4.69, 9.17) is 16.7 Å². The molecule has 1 aromatic rings. The van der Waals surface area contributed by atoms with Crippen LogP contribution in [0.5, 0.6) is 0 Å². The van der Waals surface area contributed by atoms with E-state index in [0.717, 1.165) is 0 Å². The van der Waals surface area contributed by atoms with Crippen LogP contribution in [0, 0.1) is 0 Å². The summed E-state index contributed by atoms with van der Waals surface area (Å²) >= 11 is 5.75. The van der Waals surface area contributed by atoms with Crippen LogP contribution in [0.4, 0.5) is 0 Å². The van der Waals surface area contributed by atoms with E-state index in [0.29, 0.717) is 10.7 Å². The molecule has 4 heteroatoms. The lowest BCUT2D eigenvalue weighted by molar-refractivity contribution is 0.131. The number of halogens is 1. The Balaban J connectivity index is 2.79. The van der Waals surface area contributed by atoms with Crippen molar-refractivity contribution < 1.29 is 10.2 Å². The van der Waals surface area contributed by atoms with Crippen molar-refractivity contribution in [1.29, 1.82) is 0 Å². The fourth-order valence-corrected chi connectivity index (χ4v) is 1.15. The first kappa shape index (κ1) is 9.45. The zero-order valence-corrected chi connectivity index (χ0v) is 7.20.